The molecule has 0 aromatic rings. The summed E-state index contributed by atoms with van der Waals surface area (Å²) in [4.78, 5) is 25.6. The normalized spacial score (nSPS) is 14.0. The number of phosphoric acid groups is 1. The molecule has 0 aromatic carbocycles. The van der Waals surface area contributed by atoms with Gasteiger partial charge in [0.2, 0.25) is 5.91 Å². The molecule has 2 N–H and O–H groups in total. The van der Waals surface area contributed by atoms with Crippen molar-refractivity contribution in [2.75, 3.05) is 40.9 Å². The Bertz CT molecular complexity index is 1300. The number of allylic oxidation sites excluding steroid dienone is 5. The SMILES string of the molecule is CCCCCCCCCCCCCCCCC/C=C/CC/C=C/CC/C=C/C(O)C(COP(=O)([O-])OCC[N+](C)(C)C)NC(=O)CCCCCCCCCCCCCCCCCCCCCCCCCCCCC. The van der Waals surface area contributed by atoms with E-state index in [0.29, 0.717) is 17.4 Å². The van der Waals surface area contributed by atoms with E-state index in [1.54, 1.807) is 6.08 Å². The first-order chi connectivity index (χ1) is 36.0. The molecule has 74 heavy (non-hydrogen) atoms. The van der Waals surface area contributed by atoms with Gasteiger partial charge in [-0.1, -0.05) is 307 Å². The van der Waals surface area contributed by atoms with E-state index >= 15 is 0 Å². The van der Waals surface area contributed by atoms with E-state index in [9.17, 15) is 19.4 Å². The molecule has 8 nitrogen and oxygen atoms in total. The molecule has 1 amide bonds. The molecule has 0 aromatic heterocycles. The van der Waals surface area contributed by atoms with Gasteiger partial charge in [-0.25, -0.2) is 0 Å². The number of amides is 1. The predicted octanol–water partition coefficient (Wildman–Crippen LogP) is 19.5. The molecule has 0 aliphatic carbocycles. The lowest BCUT2D eigenvalue weighted by Crippen LogP contribution is -2.45. The number of likely N-dealkylation sites (N-methyl/N-ethyl adjacent to an activating group) is 1. The molecule has 3 unspecified atom stereocenters. The molecular weight excluding hydrogens is 936 g/mol. The number of phosphoric ester groups is 1. The fourth-order valence-electron chi connectivity index (χ4n) is 9.78. The van der Waals surface area contributed by atoms with Gasteiger partial charge in [0.1, 0.15) is 13.2 Å². The van der Waals surface area contributed by atoms with E-state index in [-0.39, 0.29) is 12.5 Å². The molecule has 0 aliphatic rings. The zero-order chi connectivity index (χ0) is 54.2. The van der Waals surface area contributed by atoms with Crippen molar-refractivity contribution >= 4 is 13.7 Å². The van der Waals surface area contributed by atoms with Gasteiger partial charge in [-0.2, -0.15) is 0 Å². The maximum Gasteiger partial charge on any atom is 0.268 e. The monoisotopic (exact) mass is 1060 g/mol. The molecule has 0 radical (unpaired) electrons. The summed E-state index contributed by atoms with van der Waals surface area (Å²) >= 11 is 0. The van der Waals surface area contributed by atoms with Crippen LogP contribution < -0.4 is 10.2 Å². The van der Waals surface area contributed by atoms with E-state index in [0.717, 1.165) is 44.9 Å². The Balaban J connectivity index is 4.16. The lowest BCUT2D eigenvalue weighted by Gasteiger charge is -2.29. The van der Waals surface area contributed by atoms with Gasteiger partial charge in [0.05, 0.1) is 39.9 Å². The summed E-state index contributed by atoms with van der Waals surface area (Å²) in [6, 6.07) is -0.909. The predicted molar refractivity (Wildman–Crippen MR) is 321 cm³/mol. The number of hydrogen-bond acceptors (Lipinski definition) is 6. The molecular formula is C65H127N2O6P. The van der Waals surface area contributed by atoms with Crippen LogP contribution in [0.4, 0.5) is 0 Å². The van der Waals surface area contributed by atoms with Crippen LogP contribution in [0, 0.1) is 0 Å². The van der Waals surface area contributed by atoms with Crippen LogP contribution in [0.5, 0.6) is 0 Å². The van der Waals surface area contributed by atoms with Crippen LogP contribution in [0.25, 0.3) is 0 Å². The molecule has 0 spiro atoms. The average molecular weight is 1060 g/mol. The quantitative estimate of drug-likeness (QED) is 0.0272. The first kappa shape index (κ1) is 72.7. The zero-order valence-corrected chi connectivity index (χ0v) is 51.0. The third-order valence-corrected chi connectivity index (χ3v) is 15.8. The first-order valence-electron chi connectivity index (χ1n) is 32.4. The van der Waals surface area contributed by atoms with Gasteiger partial charge in [-0.05, 0) is 44.9 Å². The second-order valence-corrected chi connectivity index (χ2v) is 24.9. The molecule has 0 bridgehead atoms. The van der Waals surface area contributed by atoms with E-state index in [1.165, 1.54) is 257 Å². The fourth-order valence-corrected chi connectivity index (χ4v) is 10.5. The summed E-state index contributed by atoms with van der Waals surface area (Å²) in [6.07, 6.45) is 74.0. The number of carbonyl (C=O) groups is 1. The smallest absolute Gasteiger partial charge is 0.268 e. The molecule has 0 fully saturated rings. The topological polar surface area (TPSA) is 108 Å². The Morgan fingerprint density at radius 1 is 0.459 bits per heavy atom. The van der Waals surface area contributed by atoms with E-state index in [1.807, 2.05) is 27.2 Å². The third kappa shape index (κ3) is 58.4. The maximum atomic E-state index is 13.0. The maximum absolute atomic E-state index is 13.0. The molecule has 0 saturated heterocycles. The van der Waals surface area contributed by atoms with Crippen molar-refractivity contribution in [2.24, 2.45) is 0 Å². The van der Waals surface area contributed by atoms with Crippen molar-refractivity contribution in [3.05, 3.63) is 36.5 Å². The van der Waals surface area contributed by atoms with Crippen molar-refractivity contribution in [3.63, 3.8) is 0 Å². The van der Waals surface area contributed by atoms with Gasteiger partial charge >= 0.3 is 0 Å². The molecule has 0 aliphatic heterocycles. The van der Waals surface area contributed by atoms with Crippen LogP contribution in [0.1, 0.15) is 322 Å². The fraction of sp³-hybridized carbons (Fsp3) is 0.892. The Morgan fingerprint density at radius 3 is 1.09 bits per heavy atom. The molecule has 3 atom stereocenters. The van der Waals surface area contributed by atoms with Crippen molar-refractivity contribution in [3.8, 4) is 0 Å². The van der Waals surface area contributed by atoms with Crippen molar-refractivity contribution in [1.82, 2.24) is 5.32 Å². The molecule has 0 heterocycles. The summed E-state index contributed by atoms with van der Waals surface area (Å²) < 4.78 is 23.4. The number of aliphatic hydroxyl groups excluding tert-OH is 1. The molecule has 0 rings (SSSR count). The molecule has 0 saturated carbocycles. The number of nitrogens with one attached hydrogen (secondary N) is 1. The van der Waals surface area contributed by atoms with Gasteiger partial charge < -0.3 is 28.8 Å². The van der Waals surface area contributed by atoms with Crippen molar-refractivity contribution in [2.45, 2.75) is 334 Å². The number of hydrogen-bond donors (Lipinski definition) is 2. The Labute approximate surface area is 461 Å². The number of nitrogens with zero attached hydrogens (tertiary/aromatic N) is 1. The van der Waals surface area contributed by atoms with Crippen LogP contribution >= 0.6 is 7.82 Å². The number of unbranched alkanes of at least 4 members (excludes halogenated alkanes) is 43. The lowest BCUT2D eigenvalue weighted by atomic mass is 10.0. The van der Waals surface area contributed by atoms with Crippen LogP contribution in [0.3, 0.4) is 0 Å². The standard InChI is InChI=1S/C65H127N2O6P/c1-6-8-10-12-14-16-18-20-22-24-26-28-30-32-33-35-37-39-41-43-45-47-49-51-53-55-57-59-65(69)66-63(62-73-74(70,71)72-61-60-67(3,4)5)64(68)58-56-54-52-50-48-46-44-42-40-38-36-34-31-29-27-25-23-21-19-17-15-13-11-9-7-2/h40,42,48,50,56,58,63-64,68H,6-39,41,43-47,49,51-55,57,59-62H2,1-5H3,(H-,66,69,70,71)/b42-40+,50-48+,58-56+. The van der Waals surface area contributed by atoms with Gasteiger partial charge in [0.25, 0.3) is 7.82 Å². The Hall–Kier alpha value is -1.28. The Morgan fingerprint density at radius 2 is 0.757 bits per heavy atom. The van der Waals surface area contributed by atoms with Crippen molar-refractivity contribution < 1.29 is 32.9 Å². The highest BCUT2D eigenvalue weighted by Gasteiger charge is 2.23. The zero-order valence-electron chi connectivity index (χ0n) is 50.1. The van der Waals surface area contributed by atoms with Crippen LogP contribution in [-0.4, -0.2) is 68.5 Å². The van der Waals surface area contributed by atoms with Gasteiger partial charge in [-0.15, -0.1) is 0 Å². The minimum atomic E-state index is -4.61. The minimum Gasteiger partial charge on any atom is -0.756 e. The summed E-state index contributed by atoms with van der Waals surface area (Å²) in [5.74, 6) is -0.205. The second-order valence-electron chi connectivity index (χ2n) is 23.5. The van der Waals surface area contributed by atoms with E-state index < -0.39 is 26.6 Å². The lowest BCUT2D eigenvalue weighted by molar-refractivity contribution is -0.870. The minimum absolute atomic E-state index is 0.00718. The largest absolute Gasteiger partial charge is 0.756 e. The molecule has 9 heteroatoms. The highest BCUT2D eigenvalue weighted by atomic mass is 31.2. The van der Waals surface area contributed by atoms with Crippen LogP contribution in [-0.2, 0) is 18.4 Å². The number of quaternary nitrogens is 1. The number of rotatable bonds is 60. The van der Waals surface area contributed by atoms with Crippen LogP contribution in [0.15, 0.2) is 36.5 Å². The van der Waals surface area contributed by atoms with Gasteiger partial charge in [0.15, 0.2) is 0 Å². The molecule has 438 valence electrons. The number of aliphatic hydroxyl groups is 1. The summed E-state index contributed by atoms with van der Waals surface area (Å²) in [5, 5.41) is 13.9. The third-order valence-electron chi connectivity index (χ3n) is 14.8. The van der Waals surface area contributed by atoms with Crippen LogP contribution in [0.2, 0.25) is 0 Å². The van der Waals surface area contributed by atoms with Crippen molar-refractivity contribution in [1.29, 1.82) is 0 Å². The highest BCUT2D eigenvalue weighted by Crippen LogP contribution is 2.38. The summed E-state index contributed by atoms with van der Waals surface area (Å²) in [6.45, 7) is 4.67. The summed E-state index contributed by atoms with van der Waals surface area (Å²) in [7, 11) is 1.25. The number of carbonyl (C=O) groups excluding carboxylic acids is 1. The van der Waals surface area contributed by atoms with Gasteiger partial charge in [-0.3, -0.25) is 9.36 Å². The second kappa shape index (κ2) is 56.4. The first-order valence-corrected chi connectivity index (χ1v) is 33.8. The Kier molecular flexibility index (Phi) is 55.5. The average Bonchev–Trinajstić information content (AvgIpc) is 3.36. The van der Waals surface area contributed by atoms with Gasteiger partial charge in [0, 0.05) is 6.42 Å². The highest BCUT2D eigenvalue weighted by molar-refractivity contribution is 7.45. The summed E-state index contributed by atoms with van der Waals surface area (Å²) in [5.41, 5.74) is 0. The van der Waals surface area contributed by atoms with E-state index in [4.69, 9.17) is 9.05 Å². The van der Waals surface area contributed by atoms with E-state index in [2.05, 4.69) is 43.5 Å².